The van der Waals surface area contributed by atoms with Crippen molar-refractivity contribution in [3.05, 3.63) is 90.1 Å². The van der Waals surface area contributed by atoms with Crippen molar-refractivity contribution in [3.8, 4) is 17.0 Å². The number of aromatic nitrogens is 2. The minimum Gasteiger partial charge on any atom is -0.508 e. The van der Waals surface area contributed by atoms with Crippen LogP contribution in [0.1, 0.15) is 16.1 Å². The molecule has 0 spiro atoms. The van der Waals surface area contributed by atoms with Crippen LogP contribution in [0, 0.1) is 6.92 Å². The first kappa shape index (κ1) is 21.4. The summed E-state index contributed by atoms with van der Waals surface area (Å²) >= 11 is 5.29. The lowest BCUT2D eigenvalue weighted by Gasteiger charge is -2.12. The average molecular weight is 468 g/mol. The fraction of sp³-hybridized carbons (Fsp3) is 0.0385. The lowest BCUT2D eigenvalue weighted by atomic mass is 10.1. The highest BCUT2D eigenvalue weighted by Gasteiger charge is 2.17. The Balaban J connectivity index is 1.46. The topological polar surface area (TPSA) is 102 Å². The first-order valence-electron chi connectivity index (χ1n) is 10.6. The molecule has 168 valence electrons. The van der Waals surface area contributed by atoms with Crippen molar-refractivity contribution in [1.82, 2.24) is 20.8 Å². The van der Waals surface area contributed by atoms with E-state index in [4.69, 9.17) is 12.2 Å². The van der Waals surface area contributed by atoms with Crippen molar-refractivity contribution in [2.24, 2.45) is 0 Å². The van der Waals surface area contributed by atoms with Gasteiger partial charge in [-0.2, -0.15) is 0 Å². The number of nitrogens with zero attached hydrogens (tertiary/aromatic N) is 1. The Bertz CT molecular complexity index is 1540. The van der Waals surface area contributed by atoms with Crippen molar-refractivity contribution in [1.29, 1.82) is 0 Å². The number of aryl methyl sites for hydroxylation is 1. The summed E-state index contributed by atoms with van der Waals surface area (Å²) in [7, 11) is 0. The predicted molar refractivity (Wildman–Crippen MR) is 139 cm³/mol. The maximum Gasteiger partial charge on any atom is 0.288 e. The zero-order chi connectivity index (χ0) is 23.7. The summed E-state index contributed by atoms with van der Waals surface area (Å²) < 4.78 is 0. The molecule has 0 radical (unpaired) electrons. The van der Waals surface area contributed by atoms with Gasteiger partial charge in [-0.15, -0.1) is 0 Å². The Hall–Kier alpha value is -4.43. The highest BCUT2D eigenvalue weighted by Crippen LogP contribution is 2.33. The summed E-state index contributed by atoms with van der Waals surface area (Å²) in [5.41, 5.74) is 10.5. The molecule has 0 saturated heterocycles. The van der Waals surface area contributed by atoms with Gasteiger partial charge in [0.1, 0.15) is 11.4 Å². The van der Waals surface area contributed by atoms with Gasteiger partial charge in [0, 0.05) is 27.5 Å². The lowest BCUT2D eigenvalue weighted by molar-refractivity contribution is 0.0939. The second-order valence-electron chi connectivity index (χ2n) is 7.90. The monoisotopic (exact) mass is 467 g/mol. The fourth-order valence-electron chi connectivity index (χ4n) is 3.80. The molecule has 5 rings (SSSR count). The standard InChI is InChI=1S/C26H21N5O2S/c1-15-9-11-17(12-10-15)27-26(34)31-30-25(33)22-14-20-19-7-2-3-8-21(19)28-24(20)23(29-22)16-5-4-6-18(32)13-16/h2-14,28,32H,1H3,(H,30,33)(H2,27,31,34). The molecule has 0 aliphatic carbocycles. The Morgan fingerprint density at radius 1 is 0.941 bits per heavy atom. The summed E-state index contributed by atoms with van der Waals surface area (Å²) in [5.74, 6) is -0.325. The van der Waals surface area contributed by atoms with E-state index in [1.165, 1.54) is 0 Å². The van der Waals surface area contributed by atoms with Gasteiger partial charge < -0.3 is 15.4 Å². The maximum absolute atomic E-state index is 13.0. The van der Waals surface area contributed by atoms with Crippen LogP contribution < -0.4 is 16.2 Å². The van der Waals surface area contributed by atoms with E-state index >= 15 is 0 Å². The van der Waals surface area contributed by atoms with Crippen LogP contribution in [0.5, 0.6) is 5.75 Å². The summed E-state index contributed by atoms with van der Waals surface area (Å²) in [4.78, 5) is 21.0. The van der Waals surface area contributed by atoms with Gasteiger partial charge in [0.05, 0.1) is 11.2 Å². The van der Waals surface area contributed by atoms with Crippen LogP contribution >= 0.6 is 12.2 Å². The molecule has 0 fully saturated rings. The van der Waals surface area contributed by atoms with E-state index in [-0.39, 0.29) is 16.6 Å². The number of hydrogen-bond donors (Lipinski definition) is 5. The number of carbonyl (C=O) groups is 1. The number of amides is 1. The van der Waals surface area contributed by atoms with Gasteiger partial charge in [-0.25, -0.2) is 4.98 Å². The number of pyridine rings is 1. The van der Waals surface area contributed by atoms with Crippen LogP contribution in [0.25, 0.3) is 33.1 Å². The van der Waals surface area contributed by atoms with E-state index in [9.17, 15) is 9.90 Å². The molecule has 34 heavy (non-hydrogen) atoms. The number of nitrogens with one attached hydrogen (secondary N) is 4. The smallest absolute Gasteiger partial charge is 0.288 e. The SMILES string of the molecule is Cc1ccc(NC(=S)NNC(=O)c2cc3c([nH]c4ccccc43)c(-c3cccc(O)c3)n2)cc1. The molecule has 1 amide bonds. The first-order valence-corrected chi connectivity index (χ1v) is 11.0. The number of hydrogen-bond acceptors (Lipinski definition) is 4. The van der Waals surface area contributed by atoms with Gasteiger partial charge in [-0.1, -0.05) is 48.0 Å². The average Bonchev–Trinajstić information content (AvgIpc) is 3.22. The molecule has 0 aliphatic heterocycles. The summed E-state index contributed by atoms with van der Waals surface area (Å²) in [5, 5.41) is 15.1. The second kappa shape index (κ2) is 8.84. The van der Waals surface area contributed by atoms with Gasteiger partial charge in [0.2, 0.25) is 0 Å². The number of para-hydroxylation sites is 1. The number of aromatic hydroxyl groups is 1. The first-order chi connectivity index (χ1) is 16.5. The Morgan fingerprint density at radius 2 is 1.74 bits per heavy atom. The van der Waals surface area contributed by atoms with Crippen molar-refractivity contribution in [3.63, 3.8) is 0 Å². The number of phenolic OH excluding ortho intramolecular Hbond substituents is 1. The molecule has 0 saturated carbocycles. The number of anilines is 1. The molecular formula is C26H21N5O2S. The van der Waals surface area contributed by atoms with Crippen molar-refractivity contribution < 1.29 is 9.90 Å². The van der Waals surface area contributed by atoms with E-state index in [0.717, 1.165) is 33.1 Å². The zero-order valence-corrected chi connectivity index (χ0v) is 19.0. The minimum absolute atomic E-state index is 0.118. The molecule has 2 aromatic heterocycles. The quantitative estimate of drug-likeness (QED) is 0.188. The normalized spacial score (nSPS) is 10.9. The number of benzene rings is 3. The highest BCUT2D eigenvalue weighted by molar-refractivity contribution is 7.80. The van der Waals surface area contributed by atoms with Crippen LogP contribution in [-0.4, -0.2) is 26.1 Å². The van der Waals surface area contributed by atoms with Gasteiger partial charge in [0.15, 0.2) is 5.11 Å². The van der Waals surface area contributed by atoms with Crippen LogP contribution in [0.15, 0.2) is 78.9 Å². The Labute approximate surface area is 200 Å². The molecular weight excluding hydrogens is 446 g/mol. The number of rotatable bonds is 3. The molecule has 2 heterocycles. The van der Waals surface area contributed by atoms with Crippen molar-refractivity contribution in [2.75, 3.05) is 5.32 Å². The third-order valence-electron chi connectivity index (χ3n) is 5.45. The van der Waals surface area contributed by atoms with Gasteiger partial charge in [0.25, 0.3) is 5.91 Å². The third kappa shape index (κ3) is 4.26. The van der Waals surface area contributed by atoms with E-state index in [2.05, 4.69) is 26.1 Å². The van der Waals surface area contributed by atoms with Crippen molar-refractivity contribution >= 4 is 50.7 Å². The molecule has 3 aromatic carbocycles. The van der Waals surface area contributed by atoms with E-state index in [1.54, 1.807) is 24.3 Å². The van der Waals surface area contributed by atoms with Crippen LogP contribution in [-0.2, 0) is 0 Å². The number of thiocarbonyl (C=S) groups is 1. The minimum atomic E-state index is -0.443. The van der Waals surface area contributed by atoms with E-state index < -0.39 is 5.91 Å². The summed E-state index contributed by atoms with van der Waals surface area (Å²) in [6, 6.07) is 24.1. The zero-order valence-electron chi connectivity index (χ0n) is 18.2. The van der Waals surface area contributed by atoms with Crippen LogP contribution in [0.4, 0.5) is 5.69 Å². The number of H-pyrrole nitrogens is 1. The lowest BCUT2D eigenvalue weighted by Crippen LogP contribution is -2.44. The Morgan fingerprint density at radius 3 is 2.53 bits per heavy atom. The number of phenols is 1. The molecule has 8 heteroatoms. The van der Waals surface area contributed by atoms with Gasteiger partial charge in [-0.3, -0.25) is 15.6 Å². The van der Waals surface area contributed by atoms with Crippen molar-refractivity contribution in [2.45, 2.75) is 6.92 Å². The number of carbonyl (C=O) groups excluding carboxylic acids is 1. The van der Waals surface area contributed by atoms with E-state index in [0.29, 0.717) is 11.3 Å². The number of fused-ring (bicyclic) bond motifs is 3. The molecule has 0 bridgehead atoms. The van der Waals surface area contributed by atoms with Gasteiger partial charge >= 0.3 is 0 Å². The van der Waals surface area contributed by atoms with Gasteiger partial charge in [-0.05, 0) is 55.5 Å². The molecule has 7 nitrogen and oxygen atoms in total. The molecule has 0 aliphatic rings. The van der Waals surface area contributed by atoms with Crippen LogP contribution in [0.2, 0.25) is 0 Å². The number of aromatic amines is 1. The number of hydrazine groups is 1. The molecule has 0 atom stereocenters. The summed E-state index contributed by atoms with van der Waals surface area (Å²) in [6.07, 6.45) is 0. The second-order valence-corrected chi connectivity index (χ2v) is 8.31. The fourth-order valence-corrected chi connectivity index (χ4v) is 3.97. The Kier molecular flexibility index (Phi) is 5.57. The summed E-state index contributed by atoms with van der Waals surface area (Å²) in [6.45, 7) is 2.00. The molecule has 5 aromatic rings. The molecule has 0 unspecified atom stereocenters. The van der Waals surface area contributed by atoms with Crippen LogP contribution in [0.3, 0.4) is 0 Å². The predicted octanol–water partition coefficient (Wildman–Crippen LogP) is 5.03. The van der Waals surface area contributed by atoms with E-state index in [1.807, 2.05) is 61.5 Å². The molecule has 5 N–H and O–H groups in total. The highest BCUT2D eigenvalue weighted by atomic mass is 32.1. The maximum atomic E-state index is 13.0. The third-order valence-corrected chi connectivity index (χ3v) is 5.65. The largest absolute Gasteiger partial charge is 0.508 e.